The number of carbonyl (C=O) groups excluding carboxylic acids is 1. The van der Waals surface area contributed by atoms with E-state index in [0.717, 1.165) is 35.5 Å². The number of aryl methyl sites for hydroxylation is 1. The molecule has 0 unspecified atom stereocenters. The predicted octanol–water partition coefficient (Wildman–Crippen LogP) is 4.31. The maximum Gasteiger partial charge on any atom is 0.246 e. The van der Waals surface area contributed by atoms with Crippen molar-refractivity contribution in [1.29, 1.82) is 0 Å². The van der Waals surface area contributed by atoms with Crippen molar-refractivity contribution in [2.75, 3.05) is 16.8 Å². The van der Waals surface area contributed by atoms with Crippen LogP contribution in [-0.2, 0) is 11.3 Å². The van der Waals surface area contributed by atoms with Crippen molar-refractivity contribution in [2.45, 2.75) is 26.3 Å². The third-order valence-electron chi connectivity index (χ3n) is 4.79. The standard InChI is InChI=1S/C21H20ClN5O2S/c1-13-11-16(8-9-17(13)27-10-2-3-19(27)28)24-21(30)23-12-18-25-20(26-29-18)14-4-6-15(22)7-5-14/h4-9,11H,2-3,10,12H2,1H3,(H2,23,24,30). The van der Waals surface area contributed by atoms with Crippen LogP contribution in [0.3, 0.4) is 0 Å². The van der Waals surface area contributed by atoms with Gasteiger partial charge in [-0.05, 0) is 73.6 Å². The van der Waals surface area contributed by atoms with Gasteiger partial charge in [0.1, 0.15) is 0 Å². The van der Waals surface area contributed by atoms with Crippen LogP contribution < -0.4 is 15.5 Å². The molecule has 9 heteroatoms. The molecular weight excluding hydrogens is 422 g/mol. The Morgan fingerprint density at radius 2 is 2.07 bits per heavy atom. The highest BCUT2D eigenvalue weighted by Gasteiger charge is 2.23. The van der Waals surface area contributed by atoms with Crippen molar-refractivity contribution in [3.8, 4) is 11.4 Å². The van der Waals surface area contributed by atoms with Crippen molar-refractivity contribution in [1.82, 2.24) is 15.5 Å². The first-order valence-corrected chi connectivity index (χ1v) is 10.3. The molecular formula is C21H20ClN5O2S. The van der Waals surface area contributed by atoms with Crippen molar-refractivity contribution >= 4 is 46.2 Å². The summed E-state index contributed by atoms with van der Waals surface area (Å²) in [6, 6.07) is 13.0. The smallest absolute Gasteiger partial charge is 0.246 e. The maximum atomic E-state index is 12.0. The van der Waals surface area contributed by atoms with E-state index in [1.165, 1.54) is 0 Å². The summed E-state index contributed by atoms with van der Waals surface area (Å²) in [4.78, 5) is 18.2. The molecule has 4 rings (SSSR count). The van der Waals surface area contributed by atoms with E-state index in [1.54, 1.807) is 12.1 Å². The number of benzene rings is 2. The summed E-state index contributed by atoms with van der Waals surface area (Å²) in [6.45, 7) is 3.06. The molecule has 7 nitrogen and oxygen atoms in total. The molecule has 0 radical (unpaired) electrons. The molecule has 0 spiro atoms. The Bertz CT molecular complexity index is 1080. The fourth-order valence-corrected chi connectivity index (χ4v) is 3.63. The van der Waals surface area contributed by atoms with E-state index >= 15 is 0 Å². The second-order valence-corrected chi connectivity index (χ2v) is 7.82. The van der Waals surface area contributed by atoms with E-state index in [2.05, 4.69) is 20.8 Å². The molecule has 154 valence electrons. The molecule has 2 aromatic carbocycles. The number of anilines is 2. The monoisotopic (exact) mass is 441 g/mol. The average molecular weight is 442 g/mol. The van der Waals surface area contributed by atoms with Gasteiger partial charge in [0.15, 0.2) is 5.11 Å². The molecule has 1 saturated heterocycles. The van der Waals surface area contributed by atoms with Gasteiger partial charge in [0.25, 0.3) is 0 Å². The zero-order chi connectivity index (χ0) is 21.1. The summed E-state index contributed by atoms with van der Waals surface area (Å²) < 4.78 is 5.27. The van der Waals surface area contributed by atoms with Gasteiger partial charge in [-0.15, -0.1) is 0 Å². The summed E-state index contributed by atoms with van der Waals surface area (Å²) in [5.41, 5.74) is 3.63. The number of nitrogens with zero attached hydrogens (tertiary/aromatic N) is 3. The fraction of sp³-hybridized carbons (Fsp3) is 0.238. The van der Waals surface area contributed by atoms with Crippen LogP contribution in [0.15, 0.2) is 47.0 Å². The van der Waals surface area contributed by atoms with Crippen LogP contribution in [0.5, 0.6) is 0 Å². The normalized spacial score (nSPS) is 13.5. The second-order valence-electron chi connectivity index (χ2n) is 6.98. The number of rotatable bonds is 5. The molecule has 1 fully saturated rings. The number of hydrogen-bond donors (Lipinski definition) is 2. The summed E-state index contributed by atoms with van der Waals surface area (Å²) in [5.74, 6) is 1.08. The van der Waals surface area contributed by atoms with Gasteiger partial charge < -0.3 is 20.1 Å². The van der Waals surface area contributed by atoms with E-state index < -0.39 is 0 Å². The van der Waals surface area contributed by atoms with E-state index in [4.69, 9.17) is 28.3 Å². The lowest BCUT2D eigenvalue weighted by atomic mass is 10.1. The van der Waals surface area contributed by atoms with Crippen LogP contribution in [0, 0.1) is 6.92 Å². The fourth-order valence-electron chi connectivity index (χ4n) is 3.31. The number of aromatic nitrogens is 2. The summed E-state index contributed by atoms with van der Waals surface area (Å²) >= 11 is 11.3. The molecule has 1 aromatic heterocycles. The molecule has 0 bridgehead atoms. The third-order valence-corrected chi connectivity index (χ3v) is 5.29. The molecule has 0 atom stereocenters. The van der Waals surface area contributed by atoms with Crippen LogP contribution in [0.1, 0.15) is 24.3 Å². The number of hydrogen-bond acceptors (Lipinski definition) is 5. The number of amides is 1. The minimum atomic E-state index is 0.175. The summed E-state index contributed by atoms with van der Waals surface area (Å²) in [5, 5.41) is 11.3. The lowest BCUT2D eigenvalue weighted by molar-refractivity contribution is -0.117. The Balaban J connectivity index is 1.33. The Hall–Kier alpha value is -2.97. The van der Waals surface area contributed by atoms with Crippen LogP contribution >= 0.6 is 23.8 Å². The summed E-state index contributed by atoms with van der Waals surface area (Å²) in [6.07, 6.45) is 1.52. The van der Waals surface area contributed by atoms with Crippen molar-refractivity contribution in [2.24, 2.45) is 0 Å². The molecule has 30 heavy (non-hydrogen) atoms. The van der Waals surface area contributed by atoms with Gasteiger partial charge in [0.05, 0.1) is 6.54 Å². The molecule has 1 aliphatic rings. The lowest BCUT2D eigenvalue weighted by Gasteiger charge is -2.19. The first kappa shape index (κ1) is 20.3. The molecule has 0 saturated carbocycles. The molecule has 0 aliphatic carbocycles. The zero-order valence-corrected chi connectivity index (χ0v) is 17.9. The Kier molecular flexibility index (Phi) is 5.96. The van der Waals surface area contributed by atoms with Gasteiger partial charge >= 0.3 is 0 Å². The van der Waals surface area contributed by atoms with Gasteiger partial charge in [-0.25, -0.2) is 0 Å². The summed E-state index contributed by atoms with van der Waals surface area (Å²) in [7, 11) is 0. The molecule has 2 N–H and O–H groups in total. The average Bonchev–Trinajstić information content (AvgIpc) is 3.36. The number of carbonyl (C=O) groups is 1. The third kappa shape index (κ3) is 4.60. The molecule has 3 aromatic rings. The van der Waals surface area contributed by atoms with Crippen molar-refractivity contribution in [3.63, 3.8) is 0 Å². The largest absolute Gasteiger partial charge is 0.353 e. The zero-order valence-electron chi connectivity index (χ0n) is 16.3. The predicted molar refractivity (Wildman–Crippen MR) is 121 cm³/mol. The van der Waals surface area contributed by atoms with E-state index in [-0.39, 0.29) is 5.91 Å². The van der Waals surface area contributed by atoms with Crippen molar-refractivity contribution < 1.29 is 9.32 Å². The maximum absolute atomic E-state index is 12.0. The quantitative estimate of drug-likeness (QED) is 0.570. The highest BCUT2D eigenvalue weighted by Crippen LogP contribution is 2.27. The minimum Gasteiger partial charge on any atom is -0.353 e. The first-order chi connectivity index (χ1) is 14.5. The van der Waals surface area contributed by atoms with Gasteiger partial charge in [0.2, 0.25) is 17.6 Å². The molecule has 1 amide bonds. The number of halogens is 1. The highest BCUT2D eigenvalue weighted by molar-refractivity contribution is 7.80. The van der Waals surface area contributed by atoms with E-state index in [0.29, 0.717) is 34.8 Å². The number of thiocarbonyl (C=S) groups is 1. The van der Waals surface area contributed by atoms with Crippen LogP contribution in [-0.4, -0.2) is 27.7 Å². The SMILES string of the molecule is Cc1cc(NC(=S)NCc2nc(-c3ccc(Cl)cc3)no2)ccc1N1CCCC1=O. The lowest BCUT2D eigenvalue weighted by Crippen LogP contribution is -2.28. The van der Waals surface area contributed by atoms with Crippen LogP contribution in [0.2, 0.25) is 5.02 Å². The minimum absolute atomic E-state index is 0.175. The van der Waals surface area contributed by atoms with E-state index in [9.17, 15) is 4.79 Å². The molecule has 1 aliphatic heterocycles. The van der Waals surface area contributed by atoms with Gasteiger partial charge in [-0.3, -0.25) is 4.79 Å². The van der Waals surface area contributed by atoms with Gasteiger partial charge in [-0.1, -0.05) is 16.8 Å². The Morgan fingerprint density at radius 3 is 2.77 bits per heavy atom. The van der Waals surface area contributed by atoms with Crippen LogP contribution in [0.4, 0.5) is 11.4 Å². The highest BCUT2D eigenvalue weighted by atomic mass is 35.5. The second kappa shape index (κ2) is 8.81. The number of nitrogens with one attached hydrogen (secondary N) is 2. The first-order valence-electron chi connectivity index (χ1n) is 9.54. The Morgan fingerprint density at radius 1 is 1.27 bits per heavy atom. The van der Waals surface area contributed by atoms with E-state index in [1.807, 2.05) is 42.2 Å². The topological polar surface area (TPSA) is 83.3 Å². The van der Waals surface area contributed by atoms with Crippen molar-refractivity contribution in [3.05, 3.63) is 58.9 Å². The Labute approximate surface area is 184 Å². The van der Waals surface area contributed by atoms with Gasteiger partial charge in [0, 0.05) is 34.9 Å². The van der Waals surface area contributed by atoms with Crippen LogP contribution in [0.25, 0.3) is 11.4 Å². The van der Waals surface area contributed by atoms with Gasteiger partial charge in [-0.2, -0.15) is 4.98 Å². The molecule has 2 heterocycles.